The SMILES string of the molecule is CCC(C(=O)O)C(N)c1ccc2c(c1)CCCC2. The molecule has 1 aromatic carbocycles. The van der Waals surface area contributed by atoms with Crippen LogP contribution in [0.3, 0.4) is 0 Å². The van der Waals surface area contributed by atoms with Crippen LogP contribution in [0.5, 0.6) is 0 Å². The molecule has 0 fully saturated rings. The highest BCUT2D eigenvalue weighted by Gasteiger charge is 2.25. The van der Waals surface area contributed by atoms with Crippen LogP contribution in [-0.4, -0.2) is 11.1 Å². The van der Waals surface area contributed by atoms with Gasteiger partial charge in [0.2, 0.25) is 0 Å². The molecule has 0 amide bonds. The molecule has 3 N–H and O–H groups in total. The summed E-state index contributed by atoms with van der Waals surface area (Å²) in [6.45, 7) is 1.87. The second-order valence-electron chi connectivity index (χ2n) is 5.11. The highest BCUT2D eigenvalue weighted by Crippen LogP contribution is 2.28. The second-order valence-corrected chi connectivity index (χ2v) is 5.11. The van der Waals surface area contributed by atoms with Crippen molar-refractivity contribution in [2.24, 2.45) is 11.7 Å². The van der Waals surface area contributed by atoms with Gasteiger partial charge in [-0.2, -0.15) is 0 Å². The van der Waals surface area contributed by atoms with Gasteiger partial charge < -0.3 is 10.8 Å². The molecule has 3 nitrogen and oxygen atoms in total. The molecule has 2 unspecified atom stereocenters. The minimum absolute atomic E-state index is 0.403. The normalized spacial score (nSPS) is 17.9. The molecule has 0 aliphatic heterocycles. The Morgan fingerprint density at radius 1 is 1.33 bits per heavy atom. The minimum atomic E-state index is -0.803. The second kappa shape index (κ2) is 5.53. The lowest BCUT2D eigenvalue weighted by Gasteiger charge is -2.22. The van der Waals surface area contributed by atoms with E-state index in [1.807, 2.05) is 13.0 Å². The van der Waals surface area contributed by atoms with Gasteiger partial charge in [-0.1, -0.05) is 25.1 Å². The Morgan fingerprint density at radius 3 is 2.61 bits per heavy atom. The standard InChI is InChI=1S/C15H21NO2/c1-2-13(15(17)18)14(16)12-8-7-10-5-3-4-6-11(10)9-12/h7-9,13-14H,2-6,16H2,1H3,(H,17,18). The molecule has 0 saturated heterocycles. The van der Waals surface area contributed by atoms with Crippen LogP contribution in [-0.2, 0) is 17.6 Å². The summed E-state index contributed by atoms with van der Waals surface area (Å²) in [6, 6.07) is 5.84. The lowest BCUT2D eigenvalue weighted by molar-refractivity contribution is -0.142. The molecular formula is C15H21NO2. The van der Waals surface area contributed by atoms with E-state index in [2.05, 4.69) is 12.1 Å². The molecule has 2 rings (SSSR count). The van der Waals surface area contributed by atoms with Crippen LogP contribution in [0.15, 0.2) is 18.2 Å². The van der Waals surface area contributed by atoms with Crippen LogP contribution in [0.25, 0.3) is 0 Å². The van der Waals surface area contributed by atoms with Crippen molar-refractivity contribution in [1.82, 2.24) is 0 Å². The third-order valence-corrected chi connectivity index (χ3v) is 3.95. The minimum Gasteiger partial charge on any atom is -0.481 e. The average Bonchev–Trinajstić information content (AvgIpc) is 2.38. The fraction of sp³-hybridized carbons (Fsp3) is 0.533. The van der Waals surface area contributed by atoms with E-state index in [1.165, 1.54) is 24.0 Å². The monoisotopic (exact) mass is 247 g/mol. The Labute approximate surface area is 108 Å². The number of carbonyl (C=O) groups is 1. The maximum Gasteiger partial charge on any atom is 0.308 e. The van der Waals surface area contributed by atoms with Gasteiger partial charge in [-0.05, 0) is 48.8 Å². The number of aliphatic carboxylic acids is 1. The van der Waals surface area contributed by atoms with Crippen molar-refractivity contribution in [2.45, 2.75) is 45.1 Å². The van der Waals surface area contributed by atoms with Crippen LogP contribution in [0.2, 0.25) is 0 Å². The first-order chi connectivity index (χ1) is 8.63. The number of hydrogen-bond acceptors (Lipinski definition) is 2. The summed E-state index contributed by atoms with van der Waals surface area (Å²) >= 11 is 0. The summed E-state index contributed by atoms with van der Waals surface area (Å²) in [6.07, 6.45) is 5.28. The summed E-state index contributed by atoms with van der Waals surface area (Å²) in [4.78, 5) is 11.2. The van der Waals surface area contributed by atoms with E-state index in [-0.39, 0.29) is 0 Å². The predicted octanol–water partition coefficient (Wildman–Crippen LogP) is 2.68. The van der Waals surface area contributed by atoms with Gasteiger partial charge in [0, 0.05) is 6.04 Å². The fourth-order valence-corrected chi connectivity index (χ4v) is 2.78. The fourth-order valence-electron chi connectivity index (χ4n) is 2.78. The lowest BCUT2D eigenvalue weighted by Crippen LogP contribution is -2.27. The average molecular weight is 247 g/mol. The summed E-state index contributed by atoms with van der Waals surface area (Å²) in [7, 11) is 0. The molecule has 1 aromatic rings. The molecule has 0 radical (unpaired) electrons. The van der Waals surface area contributed by atoms with Gasteiger partial charge in [0.05, 0.1) is 5.92 Å². The summed E-state index contributed by atoms with van der Waals surface area (Å²) in [5.41, 5.74) is 9.83. The maximum absolute atomic E-state index is 11.2. The van der Waals surface area contributed by atoms with E-state index in [9.17, 15) is 4.79 Å². The van der Waals surface area contributed by atoms with Crippen molar-refractivity contribution in [3.05, 3.63) is 34.9 Å². The largest absolute Gasteiger partial charge is 0.481 e. The van der Waals surface area contributed by atoms with E-state index < -0.39 is 17.9 Å². The zero-order valence-electron chi connectivity index (χ0n) is 10.9. The Kier molecular flexibility index (Phi) is 4.02. The lowest BCUT2D eigenvalue weighted by atomic mass is 9.86. The number of nitrogens with two attached hydrogens (primary N) is 1. The molecule has 0 saturated carbocycles. The van der Waals surface area contributed by atoms with Gasteiger partial charge in [0.1, 0.15) is 0 Å². The number of fused-ring (bicyclic) bond motifs is 1. The third kappa shape index (κ3) is 2.56. The summed E-state index contributed by atoms with van der Waals surface area (Å²) in [5, 5.41) is 9.16. The van der Waals surface area contributed by atoms with Gasteiger partial charge in [0.25, 0.3) is 0 Å². The molecule has 98 valence electrons. The number of rotatable bonds is 4. The van der Waals surface area contributed by atoms with E-state index >= 15 is 0 Å². The first-order valence-corrected chi connectivity index (χ1v) is 6.73. The zero-order valence-corrected chi connectivity index (χ0v) is 10.9. The first kappa shape index (κ1) is 13.1. The van der Waals surface area contributed by atoms with Crippen molar-refractivity contribution in [2.75, 3.05) is 0 Å². The van der Waals surface area contributed by atoms with E-state index in [0.29, 0.717) is 6.42 Å². The van der Waals surface area contributed by atoms with Crippen LogP contribution in [0.4, 0.5) is 0 Å². The van der Waals surface area contributed by atoms with Crippen molar-refractivity contribution < 1.29 is 9.90 Å². The Morgan fingerprint density at radius 2 is 2.00 bits per heavy atom. The molecule has 0 heterocycles. The molecule has 3 heteroatoms. The van der Waals surface area contributed by atoms with Crippen LogP contribution >= 0.6 is 0 Å². The Hall–Kier alpha value is -1.35. The maximum atomic E-state index is 11.2. The molecule has 0 aromatic heterocycles. The van der Waals surface area contributed by atoms with Gasteiger partial charge >= 0.3 is 5.97 Å². The van der Waals surface area contributed by atoms with Gasteiger partial charge in [-0.3, -0.25) is 4.79 Å². The van der Waals surface area contributed by atoms with Crippen LogP contribution in [0, 0.1) is 5.92 Å². The number of carboxylic acid groups (broad SMARTS) is 1. The van der Waals surface area contributed by atoms with Gasteiger partial charge in [-0.25, -0.2) is 0 Å². The van der Waals surface area contributed by atoms with Crippen molar-refractivity contribution in [3.8, 4) is 0 Å². The number of carboxylic acids is 1. The smallest absolute Gasteiger partial charge is 0.308 e. The number of benzene rings is 1. The molecular weight excluding hydrogens is 226 g/mol. The highest BCUT2D eigenvalue weighted by molar-refractivity contribution is 5.71. The van der Waals surface area contributed by atoms with Gasteiger partial charge in [-0.15, -0.1) is 0 Å². The molecule has 1 aliphatic carbocycles. The Balaban J connectivity index is 2.25. The molecule has 18 heavy (non-hydrogen) atoms. The Bertz CT molecular complexity index is 442. The molecule has 0 spiro atoms. The van der Waals surface area contributed by atoms with E-state index in [4.69, 9.17) is 10.8 Å². The van der Waals surface area contributed by atoms with Crippen molar-refractivity contribution in [3.63, 3.8) is 0 Å². The number of hydrogen-bond donors (Lipinski definition) is 2. The topological polar surface area (TPSA) is 63.3 Å². The van der Waals surface area contributed by atoms with E-state index in [0.717, 1.165) is 18.4 Å². The molecule has 2 atom stereocenters. The zero-order chi connectivity index (χ0) is 13.1. The van der Waals surface area contributed by atoms with Crippen LogP contribution < -0.4 is 5.73 Å². The highest BCUT2D eigenvalue weighted by atomic mass is 16.4. The van der Waals surface area contributed by atoms with Crippen molar-refractivity contribution >= 4 is 5.97 Å². The van der Waals surface area contributed by atoms with E-state index in [1.54, 1.807) is 0 Å². The predicted molar refractivity (Wildman–Crippen MR) is 71.4 cm³/mol. The third-order valence-electron chi connectivity index (χ3n) is 3.95. The molecule has 0 bridgehead atoms. The van der Waals surface area contributed by atoms with Crippen molar-refractivity contribution in [1.29, 1.82) is 0 Å². The van der Waals surface area contributed by atoms with Crippen LogP contribution in [0.1, 0.15) is 48.9 Å². The quantitative estimate of drug-likeness (QED) is 0.859. The van der Waals surface area contributed by atoms with Gasteiger partial charge in [0.15, 0.2) is 0 Å². The summed E-state index contributed by atoms with van der Waals surface area (Å²) in [5.74, 6) is -1.30. The summed E-state index contributed by atoms with van der Waals surface area (Å²) < 4.78 is 0. The molecule has 1 aliphatic rings. The first-order valence-electron chi connectivity index (χ1n) is 6.73. The number of aryl methyl sites for hydroxylation is 2.